The van der Waals surface area contributed by atoms with E-state index in [2.05, 4.69) is 6.92 Å². The molecule has 2 saturated carbocycles. The number of unbranched alkanes of at least 4 members (excludes halogenated alkanes) is 6. The van der Waals surface area contributed by atoms with Gasteiger partial charge in [0.25, 0.3) is 0 Å². The number of ether oxygens (including phenoxy) is 1. The van der Waals surface area contributed by atoms with Crippen LogP contribution < -0.4 is 4.74 Å². The van der Waals surface area contributed by atoms with E-state index in [0.29, 0.717) is 41.6 Å². The Labute approximate surface area is 288 Å². The van der Waals surface area contributed by atoms with Crippen molar-refractivity contribution < 1.29 is 56.2 Å². The number of hydrogen-bond donors (Lipinski definition) is 3. The van der Waals surface area contributed by atoms with E-state index in [0.717, 1.165) is 82.6 Å². The van der Waals surface area contributed by atoms with E-state index in [4.69, 9.17) is 9.84 Å². The normalized spacial score (nSPS) is 27.9. The second kappa shape index (κ2) is 17.0. The number of halogens is 5. The van der Waals surface area contributed by atoms with Gasteiger partial charge in [-0.05, 0) is 110 Å². The van der Waals surface area contributed by atoms with Gasteiger partial charge >= 0.3 is 24.0 Å². The Morgan fingerprint density at radius 2 is 1.65 bits per heavy atom. The number of hydrogen-bond acceptors (Lipinski definition) is 6. The lowest BCUT2D eigenvalue weighted by Crippen LogP contribution is -2.47. The maximum absolute atomic E-state index is 13.0. The van der Waals surface area contributed by atoms with Gasteiger partial charge in [-0.25, -0.2) is 4.79 Å². The van der Waals surface area contributed by atoms with Gasteiger partial charge in [0.2, 0.25) is 0 Å². The zero-order chi connectivity index (χ0) is 36.0. The van der Waals surface area contributed by atoms with Gasteiger partial charge in [0.05, 0.1) is 12.5 Å². The molecule has 0 amide bonds. The van der Waals surface area contributed by atoms with Crippen molar-refractivity contribution in [1.29, 1.82) is 0 Å². The van der Waals surface area contributed by atoms with Crippen molar-refractivity contribution >= 4 is 23.1 Å². The summed E-state index contributed by atoms with van der Waals surface area (Å²) < 4.78 is 80.3. The van der Waals surface area contributed by atoms with Crippen LogP contribution in [-0.4, -0.2) is 67.6 Å². The molecule has 278 valence electrons. The summed E-state index contributed by atoms with van der Waals surface area (Å²) in [4.78, 5) is 23.2. The molecule has 2 fully saturated rings. The van der Waals surface area contributed by atoms with E-state index < -0.39 is 60.6 Å². The fourth-order valence-corrected chi connectivity index (χ4v) is 9.95. The topological polar surface area (TPSA) is 127 Å². The third-order valence-electron chi connectivity index (χ3n) is 11.4. The van der Waals surface area contributed by atoms with E-state index in [1.54, 1.807) is 6.07 Å². The molecule has 8 atom stereocenters. The number of carboxylic acid groups (broad SMARTS) is 1. The summed E-state index contributed by atoms with van der Waals surface area (Å²) in [6.45, 7) is 2.24. The number of carbonyl (C=O) groups excluding carboxylic acids is 1. The molecular formula is C36H51F5O7S. The van der Waals surface area contributed by atoms with Crippen molar-refractivity contribution in [2.45, 2.75) is 140 Å². The summed E-state index contributed by atoms with van der Waals surface area (Å²) in [5.74, 6) is -4.91. The van der Waals surface area contributed by atoms with Crippen LogP contribution in [0.2, 0.25) is 0 Å². The van der Waals surface area contributed by atoms with Gasteiger partial charge in [-0.3, -0.25) is 4.79 Å². The molecule has 7 nitrogen and oxygen atoms in total. The van der Waals surface area contributed by atoms with E-state index in [-0.39, 0.29) is 17.3 Å². The maximum atomic E-state index is 13.0. The van der Waals surface area contributed by atoms with Crippen LogP contribution in [-0.2, 0) is 27.2 Å². The quantitative estimate of drug-likeness (QED) is 0.0466. The molecule has 3 aliphatic carbocycles. The smallest absolute Gasteiger partial charge is 0.453 e. The highest BCUT2D eigenvalue weighted by Gasteiger charge is 2.57. The van der Waals surface area contributed by atoms with Crippen LogP contribution in [0.5, 0.6) is 5.75 Å². The first-order valence-corrected chi connectivity index (χ1v) is 19.2. The molecule has 3 N–H and O–H groups in total. The zero-order valence-corrected chi connectivity index (χ0v) is 29.0. The predicted octanol–water partition coefficient (Wildman–Crippen LogP) is 7.72. The minimum atomic E-state index is -5.57. The van der Waals surface area contributed by atoms with Crippen LogP contribution in [0.3, 0.4) is 0 Å². The molecule has 1 aromatic carbocycles. The summed E-state index contributed by atoms with van der Waals surface area (Å²) in [6, 6.07) is 5.65. The number of aliphatic hydroxyl groups excluding tert-OH is 2. The summed E-state index contributed by atoms with van der Waals surface area (Å²) in [7, 11) is 0. The Balaban J connectivity index is 1.24. The van der Waals surface area contributed by atoms with Crippen molar-refractivity contribution in [3.05, 3.63) is 29.3 Å². The first-order valence-electron chi connectivity index (χ1n) is 17.8. The largest absolute Gasteiger partial charge is 0.616 e. The highest BCUT2D eigenvalue weighted by Crippen LogP contribution is 2.62. The number of carboxylic acids is 1. The average Bonchev–Trinajstić information content (AvgIpc) is 3.32. The number of esters is 1. The number of fused-ring (bicyclic) bond motifs is 5. The number of aliphatic hydroxyl groups is 2. The Kier molecular flexibility index (Phi) is 13.8. The maximum Gasteiger partial charge on any atom is 0.453 e. The third-order valence-corrected chi connectivity index (χ3v) is 12.9. The predicted molar refractivity (Wildman–Crippen MR) is 175 cm³/mol. The van der Waals surface area contributed by atoms with E-state index in [9.17, 15) is 46.3 Å². The molecule has 49 heavy (non-hydrogen) atoms. The van der Waals surface area contributed by atoms with Gasteiger partial charge < -0.3 is 24.6 Å². The van der Waals surface area contributed by atoms with E-state index in [1.165, 1.54) is 5.56 Å². The minimum Gasteiger partial charge on any atom is -0.616 e. The van der Waals surface area contributed by atoms with Crippen LogP contribution >= 0.6 is 0 Å². The number of alkyl halides is 5. The molecule has 3 aliphatic rings. The molecular weight excluding hydrogens is 671 g/mol. The SMILES string of the molecule is C[C@]12CC[C@@H]3c4ccc(OC(=O)CC(O)C(=O)O)cc4C[C@@H](CCCCCCCCC[S+]([O-])CCCC(F)(F)C(F)(F)F)[C@H]3[C@@H]1CC[C@@H]2O. The fourth-order valence-electron chi connectivity index (χ4n) is 8.76. The number of rotatable bonds is 18. The number of carbonyl (C=O) groups is 2. The van der Waals surface area contributed by atoms with Crippen molar-refractivity contribution in [1.82, 2.24) is 0 Å². The first-order chi connectivity index (χ1) is 23.0. The molecule has 0 aliphatic heterocycles. The van der Waals surface area contributed by atoms with Crippen molar-refractivity contribution in [2.75, 3.05) is 11.5 Å². The van der Waals surface area contributed by atoms with Crippen molar-refractivity contribution in [2.24, 2.45) is 23.2 Å². The lowest BCUT2D eigenvalue weighted by atomic mass is 9.52. The van der Waals surface area contributed by atoms with Gasteiger partial charge in [-0.2, -0.15) is 22.0 Å². The van der Waals surface area contributed by atoms with Crippen molar-refractivity contribution in [3.63, 3.8) is 0 Å². The van der Waals surface area contributed by atoms with Crippen LogP contribution in [0.1, 0.15) is 120 Å². The van der Waals surface area contributed by atoms with Gasteiger partial charge in [-0.1, -0.05) is 56.3 Å². The summed E-state index contributed by atoms with van der Waals surface area (Å²) in [5, 5.41) is 29.4. The summed E-state index contributed by atoms with van der Waals surface area (Å²) in [6.07, 6.45) is 2.09. The van der Waals surface area contributed by atoms with Gasteiger partial charge in [-0.15, -0.1) is 0 Å². The molecule has 2 unspecified atom stereocenters. The Bertz CT molecular complexity index is 1260. The van der Waals surface area contributed by atoms with Crippen molar-refractivity contribution in [3.8, 4) is 5.75 Å². The van der Waals surface area contributed by atoms with E-state index in [1.807, 2.05) is 12.1 Å². The second-order valence-corrected chi connectivity index (χ2v) is 16.4. The molecule has 4 rings (SSSR count). The third kappa shape index (κ3) is 10.1. The molecule has 0 spiro atoms. The van der Waals surface area contributed by atoms with Crippen LogP contribution in [0, 0.1) is 23.2 Å². The lowest BCUT2D eigenvalue weighted by molar-refractivity contribution is -0.284. The van der Waals surface area contributed by atoms with Gasteiger partial charge in [0.1, 0.15) is 17.3 Å². The molecule has 0 aromatic heterocycles. The van der Waals surface area contributed by atoms with Crippen LogP contribution in [0.25, 0.3) is 0 Å². The number of benzene rings is 1. The average molecular weight is 723 g/mol. The molecule has 13 heteroatoms. The molecule has 1 aromatic rings. The standard InChI is InChI=1S/C36H51F5O7S/c1-34-17-15-27-26-12-11-25(48-31(44)22-29(42)33(45)46)21-24(26)20-23(32(27)28(34)13-14-30(34)43)10-7-5-3-2-4-6-8-18-49(47)19-9-16-35(37,38)36(39,40)41/h11-12,21,23,27-30,32,42-43H,2-10,13-20,22H2,1H3,(H,45,46)/t23-,27-,28+,29?,30+,32-,34+,49?/m1/s1. The Hall–Kier alpha value is -1.96. The molecule has 0 radical (unpaired) electrons. The summed E-state index contributed by atoms with van der Waals surface area (Å²) in [5.41, 5.74) is 2.30. The molecule has 0 heterocycles. The van der Waals surface area contributed by atoms with Crippen LogP contribution in [0.4, 0.5) is 22.0 Å². The minimum absolute atomic E-state index is 0.0881. The highest BCUT2D eigenvalue weighted by atomic mass is 32.2. The zero-order valence-electron chi connectivity index (χ0n) is 28.2. The Morgan fingerprint density at radius 3 is 2.33 bits per heavy atom. The van der Waals surface area contributed by atoms with Gasteiger partial charge in [0.15, 0.2) is 6.10 Å². The second-order valence-electron chi connectivity index (χ2n) is 14.7. The monoisotopic (exact) mass is 722 g/mol. The Morgan fingerprint density at radius 1 is 1.00 bits per heavy atom. The summed E-state index contributed by atoms with van der Waals surface area (Å²) >= 11 is -1.40. The molecule has 0 bridgehead atoms. The number of aliphatic carboxylic acids is 1. The van der Waals surface area contributed by atoms with Crippen LogP contribution in [0.15, 0.2) is 18.2 Å². The molecule has 0 saturated heterocycles. The van der Waals surface area contributed by atoms with E-state index >= 15 is 0 Å². The fraction of sp³-hybridized carbons (Fsp3) is 0.778. The first kappa shape index (κ1) is 39.8. The highest BCUT2D eigenvalue weighted by molar-refractivity contribution is 7.91. The van der Waals surface area contributed by atoms with Gasteiger partial charge in [0, 0.05) is 6.42 Å². The lowest BCUT2D eigenvalue weighted by Gasteiger charge is -2.53.